The number of benzene rings is 2. The minimum absolute atomic E-state index is 0.145. The molecule has 0 aromatic heterocycles. The van der Waals surface area contributed by atoms with Gasteiger partial charge in [0.25, 0.3) is 11.8 Å². The summed E-state index contributed by atoms with van der Waals surface area (Å²) in [6.07, 6.45) is 0. The lowest BCUT2D eigenvalue weighted by Crippen LogP contribution is -2.29. The minimum atomic E-state index is -1.16. The van der Waals surface area contributed by atoms with Crippen molar-refractivity contribution in [2.75, 3.05) is 10.6 Å². The molecule has 0 radical (unpaired) electrons. The van der Waals surface area contributed by atoms with E-state index in [2.05, 4.69) is 0 Å². The molecule has 0 unspecified atom stereocenters. The molecule has 0 spiro atoms. The first-order chi connectivity index (χ1) is 9.90. The predicted molar refractivity (Wildman–Crippen MR) is 73.1 cm³/mol. The first-order valence-electron chi connectivity index (χ1n) is 6.14. The van der Waals surface area contributed by atoms with Crippen molar-refractivity contribution in [3.8, 4) is 0 Å². The predicted octanol–water partition coefficient (Wildman–Crippen LogP) is 2.66. The molecule has 106 valence electrons. The fraction of sp³-hybridized carbons (Fsp3) is 0.0667. The Bertz CT molecular complexity index is 762. The lowest BCUT2D eigenvalue weighted by Gasteiger charge is -2.15. The molecule has 2 aromatic rings. The highest BCUT2D eigenvalue weighted by Crippen LogP contribution is 2.31. The topological polar surface area (TPSA) is 63.4 Å². The van der Waals surface area contributed by atoms with E-state index in [0.29, 0.717) is 16.9 Å². The molecule has 1 heterocycles. The van der Waals surface area contributed by atoms with Crippen LogP contribution in [-0.4, -0.2) is 11.8 Å². The van der Waals surface area contributed by atoms with Crippen molar-refractivity contribution in [1.29, 1.82) is 0 Å². The lowest BCUT2D eigenvalue weighted by molar-refractivity contribution is 0.0926. The van der Waals surface area contributed by atoms with Gasteiger partial charge in [0.05, 0.1) is 16.8 Å². The molecule has 0 saturated carbocycles. The van der Waals surface area contributed by atoms with E-state index >= 15 is 0 Å². The Morgan fingerprint density at radius 2 is 1.48 bits per heavy atom. The maximum Gasteiger partial charge on any atom is 0.266 e. The molecule has 3 rings (SSSR count). The number of hydrogen-bond donors (Lipinski definition) is 1. The zero-order valence-corrected chi connectivity index (χ0v) is 11.0. The molecule has 1 aliphatic rings. The van der Waals surface area contributed by atoms with Crippen LogP contribution >= 0.6 is 0 Å². The fourth-order valence-electron chi connectivity index (χ4n) is 2.27. The van der Waals surface area contributed by atoms with Crippen LogP contribution in [0.4, 0.5) is 20.2 Å². The van der Waals surface area contributed by atoms with Crippen LogP contribution in [0.15, 0.2) is 30.3 Å². The smallest absolute Gasteiger partial charge is 0.266 e. The number of nitrogens with zero attached hydrogens (tertiary/aromatic N) is 1. The molecular formula is C15H10F2N2O2. The van der Waals surface area contributed by atoms with Crippen LogP contribution in [0.3, 0.4) is 0 Å². The van der Waals surface area contributed by atoms with Crippen molar-refractivity contribution in [3.05, 3.63) is 58.7 Å². The fourth-order valence-corrected chi connectivity index (χ4v) is 2.27. The number of amides is 2. The van der Waals surface area contributed by atoms with E-state index in [0.717, 1.165) is 17.0 Å². The van der Waals surface area contributed by atoms with Gasteiger partial charge in [-0.1, -0.05) is 0 Å². The Morgan fingerprint density at radius 1 is 0.952 bits per heavy atom. The average molecular weight is 288 g/mol. The number of aryl methyl sites for hydroxylation is 1. The summed E-state index contributed by atoms with van der Waals surface area (Å²) in [4.78, 5) is 25.4. The van der Waals surface area contributed by atoms with E-state index < -0.39 is 23.4 Å². The molecule has 2 aromatic carbocycles. The Hall–Kier alpha value is -2.76. The summed E-state index contributed by atoms with van der Waals surface area (Å²) in [5.74, 6) is -3.69. The number of carbonyl (C=O) groups excluding carboxylic acids is 2. The quantitative estimate of drug-likeness (QED) is 0.648. The molecule has 0 bridgehead atoms. The maximum absolute atomic E-state index is 13.2. The summed E-state index contributed by atoms with van der Waals surface area (Å²) in [5.41, 5.74) is 6.93. The van der Waals surface area contributed by atoms with Gasteiger partial charge in [-0.05, 0) is 42.8 Å². The largest absolute Gasteiger partial charge is 0.399 e. The van der Waals surface area contributed by atoms with Crippen LogP contribution in [0.2, 0.25) is 0 Å². The van der Waals surface area contributed by atoms with Crippen molar-refractivity contribution in [3.63, 3.8) is 0 Å². The molecule has 0 saturated heterocycles. The van der Waals surface area contributed by atoms with Gasteiger partial charge in [-0.25, -0.2) is 13.7 Å². The van der Waals surface area contributed by atoms with Crippen molar-refractivity contribution in [2.45, 2.75) is 6.92 Å². The molecule has 1 aliphatic heterocycles. The van der Waals surface area contributed by atoms with Crippen LogP contribution < -0.4 is 10.6 Å². The van der Waals surface area contributed by atoms with Crippen molar-refractivity contribution >= 4 is 23.2 Å². The molecule has 2 amide bonds. The number of anilines is 2. The zero-order chi connectivity index (χ0) is 15.3. The number of rotatable bonds is 1. The second-order valence-corrected chi connectivity index (χ2v) is 4.80. The van der Waals surface area contributed by atoms with Crippen molar-refractivity contribution < 1.29 is 18.4 Å². The Morgan fingerprint density at radius 3 is 1.95 bits per heavy atom. The number of fused-ring (bicyclic) bond motifs is 1. The average Bonchev–Trinajstić information content (AvgIpc) is 2.66. The van der Waals surface area contributed by atoms with Crippen LogP contribution in [0.25, 0.3) is 0 Å². The van der Waals surface area contributed by atoms with Crippen molar-refractivity contribution in [1.82, 2.24) is 0 Å². The summed E-state index contributed by atoms with van der Waals surface area (Å²) in [7, 11) is 0. The SMILES string of the molecule is Cc1cc(N2C(=O)c3cc(F)c(F)cc3C2=O)ccc1N. The van der Waals surface area contributed by atoms with Gasteiger partial charge in [-0.2, -0.15) is 0 Å². The highest BCUT2D eigenvalue weighted by Gasteiger charge is 2.38. The highest BCUT2D eigenvalue weighted by atomic mass is 19.2. The molecule has 0 aliphatic carbocycles. The van der Waals surface area contributed by atoms with Gasteiger partial charge in [-0.3, -0.25) is 9.59 Å². The maximum atomic E-state index is 13.2. The van der Waals surface area contributed by atoms with Gasteiger partial charge in [0.15, 0.2) is 11.6 Å². The van der Waals surface area contributed by atoms with Gasteiger partial charge in [0.1, 0.15) is 0 Å². The number of imide groups is 1. The Balaban J connectivity index is 2.13. The molecule has 6 heteroatoms. The third-order valence-electron chi connectivity index (χ3n) is 3.44. The second kappa shape index (κ2) is 4.37. The number of halogens is 2. The minimum Gasteiger partial charge on any atom is -0.399 e. The zero-order valence-electron chi connectivity index (χ0n) is 11.0. The number of nitrogens with two attached hydrogens (primary N) is 1. The van der Waals surface area contributed by atoms with E-state index in [1.807, 2.05) is 0 Å². The van der Waals surface area contributed by atoms with E-state index in [1.54, 1.807) is 19.1 Å². The first-order valence-corrected chi connectivity index (χ1v) is 6.14. The van der Waals surface area contributed by atoms with E-state index in [9.17, 15) is 18.4 Å². The molecule has 0 fully saturated rings. The Kier molecular flexibility index (Phi) is 2.76. The summed E-state index contributed by atoms with van der Waals surface area (Å²) in [6.45, 7) is 1.73. The highest BCUT2D eigenvalue weighted by molar-refractivity contribution is 6.34. The normalized spacial score (nSPS) is 13.8. The molecule has 2 N–H and O–H groups in total. The van der Waals surface area contributed by atoms with Gasteiger partial charge >= 0.3 is 0 Å². The summed E-state index contributed by atoms with van der Waals surface area (Å²) in [5, 5.41) is 0. The van der Waals surface area contributed by atoms with E-state index in [4.69, 9.17) is 5.73 Å². The van der Waals surface area contributed by atoms with Crippen LogP contribution in [0.5, 0.6) is 0 Å². The second-order valence-electron chi connectivity index (χ2n) is 4.80. The van der Waals surface area contributed by atoms with Gasteiger partial charge in [0.2, 0.25) is 0 Å². The summed E-state index contributed by atoms with van der Waals surface area (Å²) < 4.78 is 26.5. The first kappa shape index (κ1) is 13.2. The van der Waals surface area contributed by atoms with E-state index in [-0.39, 0.29) is 11.1 Å². The van der Waals surface area contributed by atoms with Crippen LogP contribution in [0, 0.1) is 18.6 Å². The van der Waals surface area contributed by atoms with Gasteiger partial charge in [-0.15, -0.1) is 0 Å². The third kappa shape index (κ3) is 1.87. The number of hydrogen-bond acceptors (Lipinski definition) is 3. The number of carbonyl (C=O) groups is 2. The molecular weight excluding hydrogens is 278 g/mol. The standard InChI is InChI=1S/C15H10F2N2O2/c1-7-4-8(2-3-13(7)18)19-14(20)9-5-11(16)12(17)6-10(9)15(19)21/h2-6H,18H2,1H3. The van der Waals surface area contributed by atoms with Crippen LogP contribution in [-0.2, 0) is 0 Å². The van der Waals surface area contributed by atoms with Gasteiger partial charge in [0, 0.05) is 5.69 Å². The van der Waals surface area contributed by atoms with Crippen LogP contribution in [0.1, 0.15) is 26.3 Å². The monoisotopic (exact) mass is 288 g/mol. The third-order valence-corrected chi connectivity index (χ3v) is 3.44. The Labute approximate surface area is 118 Å². The van der Waals surface area contributed by atoms with Crippen molar-refractivity contribution in [2.24, 2.45) is 0 Å². The number of nitrogen functional groups attached to an aromatic ring is 1. The van der Waals surface area contributed by atoms with E-state index in [1.165, 1.54) is 6.07 Å². The summed E-state index contributed by atoms with van der Waals surface area (Å²) >= 11 is 0. The summed E-state index contributed by atoms with van der Waals surface area (Å²) in [6, 6.07) is 6.14. The lowest BCUT2D eigenvalue weighted by atomic mass is 10.1. The molecule has 4 nitrogen and oxygen atoms in total. The molecule has 0 atom stereocenters. The van der Waals surface area contributed by atoms with Gasteiger partial charge < -0.3 is 5.73 Å². The molecule has 21 heavy (non-hydrogen) atoms.